The van der Waals surface area contributed by atoms with Crippen molar-refractivity contribution in [3.05, 3.63) is 65.5 Å². The molecular formula is C20H21N3O3. The van der Waals surface area contributed by atoms with E-state index in [1.807, 2.05) is 18.2 Å². The SMILES string of the molecule is COC(=O)c1cccc(NCc2nc(-c3ccc(C(C)C)cc3)no2)c1. The number of carbonyl (C=O) groups is 1. The summed E-state index contributed by atoms with van der Waals surface area (Å²) in [5, 5.41) is 7.20. The average molecular weight is 351 g/mol. The molecular weight excluding hydrogens is 330 g/mol. The number of aromatic nitrogens is 2. The minimum Gasteiger partial charge on any atom is -0.465 e. The first-order valence-electron chi connectivity index (χ1n) is 8.42. The van der Waals surface area contributed by atoms with E-state index in [0.717, 1.165) is 11.3 Å². The van der Waals surface area contributed by atoms with E-state index < -0.39 is 0 Å². The van der Waals surface area contributed by atoms with Crippen molar-refractivity contribution in [2.75, 3.05) is 12.4 Å². The van der Waals surface area contributed by atoms with Crippen LogP contribution in [0.25, 0.3) is 11.4 Å². The summed E-state index contributed by atoms with van der Waals surface area (Å²) < 4.78 is 10.0. The zero-order valence-electron chi connectivity index (χ0n) is 15.0. The standard InChI is InChI=1S/C20H21N3O3/c1-13(2)14-7-9-15(10-8-14)19-22-18(26-23-19)12-21-17-6-4-5-16(11-17)20(24)25-3/h4-11,13,21H,12H2,1-3H3. The summed E-state index contributed by atoms with van der Waals surface area (Å²) in [5.41, 5.74) is 3.43. The van der Waals surface area contributed by atoms with Gasteiger partial charge in [0, 0.05) is 11.3 Å². The monoisotopic (exact) mass is 351 g/mol. The molecule has 1 N–H and O–H groups in total. The van der Waals surface area contributed by atoms with E-state index in [4.69, 9.17) is 9.26 Å². The summed E-state index contributed by atoms with van der Waals surface area (Å²) in [5.74, 6) is 1.13. The fraction of sp³-hybridized carbons (Fsp3) is 0.250. The van der Waals surface area contributed by atoms with Crippen LogP contribution in [0.5, 0.6) is 0 Å². The number of nitrogens with zero attached hydrogens (tertiary/aromatic N) is 2. The van der Waals surface area contributed by atoms with Crippen LogP contribution >= 0.6 is 0 Å². The Morgan fingerprint density at radius 2 is 1.96 bits per heavy atom. The number of benzene rings is 2. The van der Waals surface area contributed by atoms with E-state index >= 15 is 0 Å². The number of hydrogen-bond donors (Lipinski definition) is 1. The molecule has 0 atom stereocenters. The number of carbonyl (C=O) groups excluding carboxylic acids is 1. The Morgan fingerprint density at radius 3 is 2.65 bits per heavy atom. The van der Waals surface area contributed by atoms with Crippen LogP contribution in [0.4, 0.5) is 5.69 Å². The Kier molecular flexibility index (Phi) is 5.31. The second kappa shape index (κ2) is 7.82. The van der Waals surface area contributed by atoms with Crippen molar-refractivity contribution in [2.24, 2.45) is 0 Å². The van der Waals surface area contributed by atoms with Crippen LogP contribution in [-0.2, 0) is 11.3 Å². The highest BCUT2D eigenvalue weighted by molar-refractivity contribution is 5.90. The molecule has 0 aliphatic rings. The van der Waals surface area contributed by atoms with Crippen LogP contribution in [-0.4, -0.2) is 23.2 Å². The second-order valence-corrected chi connectivity index (χ2v) is 6.21. The number of nitrogens with one attached hydrogen (secondary N) is 1. The number of anilines is 1. The van der Waals surface area contributed by atoms with Crippen molar-refractivity contribution in [1.29, 1.82) is 0 Å². The normalized spacial score (nSPS) is 10.8. The Morgan fingerprint density at radius 1 is 1.19 bits per heavy atom. The molecule has 1 heterocycles. The topological polar surface area (TPSA) is 77.2 Å². The van der Waals surface area contributed by atoms with Crippen LogP contribution in [0.3, 0.4) is 0 Å². The molecule has 6 nitrogen and oxygen atoms in total. The molecule has 1 aromatic heterocycles. The third-order valence-electron chi connectivity index (χ3n) is 4.03. The van der Waals surface area contributed by atoms with Gasteiger partial charge < -0.3 is 14.6 Å². The highest BCUT2D eigenvalue weighted by atomic mass is 16.5. The van der Waals surface area contributed by atoms with Crippen molar-refractivity contribution >= 4 is 11.7 Å². The van der Waals surface area contributed by atoms with Crippen LogP contribution in [0.15, 0.2) is 53.1 Å². The van der Waals surface area contributed by atoms with Crippen molar-refractivity contribution in [1.82, 2.24) is 10.1 Å². The van der Waals surface area contributed by atoms with Crippen LogP contribution in [0, 0.1) is 0 Å². The second-order valence-electron chi connectivity index (χ2n) is 6.21. The zero-order chi connectivity index (χ0) is 18.5. The summed E-state index contributed by atoms with van der Waals surface area (Å²) in [4.78, 5) is 16.0. The van der Waals surface area contributed by atoms with Crippen LogP contribution in [0.1, 0.15) is 41.6 Å². The maximum Gasteiger partial charge on any atom is 0.337 e. The van der Waals surface area contributed by atoms with Gasteiger partial charge >= 0.3 is 5.97 Å². The Labute approximate surface area is 152 Å². The van der Waals surface area contributed by atoms with Gasteiger partial charge in [-0.25, -0.2) is 4.79 Å². The molecule has 0 bridgehead atoms. The number of methoxy groups -OCH3 is 1. The minimum atomic E-state index is -0.376. The highest BCUT2D eigenvalue weighted by Gasteiger charge is 2.10. The summed E-state index contributed by atoms with van der Waals surface area (Å²) in [7, 11) is 1.36. The van der Waals surface area contributed by atoms with Gasteiger partial charge in [0.25, 0.3) is 0 Å². The van der Waals surface area contributed by atoms with Gasteiger partial charge in [0.05, 0.1) is 19.2 Å². The van der Waals surface area contributed by atoms with E-state index in [-0.39, 0.29) is 5.97 Å². The fourth-order valence-electron chi connectivity index (χ4n) is 2.51. The molecule has 6 heteroatoms. The molecule has 0 radical (unpaired) electrons. The number of hydrogen-bond acceptors (Lipinski definition) is 6. The van der Waals surface area contributed by atoms with Crippen molar-refractivity contribution < 1.29 is 14.1 Å². The molecule has 0 aliphatic heterocycles. The fourth-order valence-corrected chi connectivity index (χ4v) is 2.51. The van der Waals surface area contributed by atoms with E-state index in [9.17, 15) is 4.79 Å². The molecule has 0 saturated carbocycles. The van der Waals surface area contributed by atoms with E-state index in [1.54, 1.807) is 18.2 Å². The van der Waals surface area contributed by atoms with Gasteiger partial charge in [0.2, 0.25) is 11.7 Å². The first kappa shape index (κ1) is 17.7. The van der Waals surface area contributed by atoms with Gasteiger partial charge in [-0.05, 0) is 29.7 Å². The molecule has 26 heavy (non-hydrogen) atoms. The summed E-state index contributed by atoms with van der Waals surface area (Å²) >= 11 is 0. The lowest BCUT2D eigenvalue weighted by molar-refractivity contribution is 0.0601. The highest BCUT2D eigenvalue weighted by Crippen LogP contribution is 2.21. The predicted octanol–water partition coefficient (Wildman–Crippen LogP) is 4.26. The summed E-state index contributed by atoms with van der Waals surface area (Å²) in [6, 6.07) is 15.2. The van der Waals surface area contributed by atoms with Gasteiger partial charge in [-0.1, -0.05) is 49.3 Å². The van der Waals surface area contributed by atoms with Crippen LogP contribution in [0.2, 0.25) is 0 Å². The molecule has 0 unspecified atom stereocenters. The third-order valence-corrected chi connectivity index (χ3v) is 4.03. The number of esters is 1. The molecule has 2 aromatic carbocycles. The zero-order valence-corrected chi connectivity index (χ0v) is 15.0. The molecule has 3 aromatic rings. The summed E-state index contributed by atoms with van der Waals surface area (Å²) in [6.45, 7) is 4.67. The molecule has 0 amide bonds. The van der Waals surface area contributed by atoms with Gasteiger partial charge in [-0.3, -0.25) is 0 Å². The number of ether oxygens (including phenoxy) is 1. The predicted molar refractivity (Wildman–Crippen MR) is 98.9 cm³/mol. The molecule has 0 saturated heterocycles. The van der Waals surface area contributed by atoms with Gasteiger partial charge in [0.15, 0.2) is 0 Å². The third kappa shape index (κ3) is 4.08. The van der Waals surface area contributed by atoms with Crippen molar-refractivity contribution in [3.63, 3.8) is 0 Å². The molecule has 3 rings (SSSR count). The van der Waals surface area contributed by atoms with Gasteiger partial charge in [-0.15, -0.1) is 0 Å². The lowest BCUT2D eigenvalue weighted by Crippen LogP contribution is -2.04. The van der Waals surface area contributed by atoms with Gasteiger partial charge in [-0.2, -0.15) is 4.98 Å². The lowest BCUT2D eigenvalue weighted by atomic mass is 10.0. The first-order valence-corrected chi connectivity index (χ1v) is 8.42. The quantitative estimate of drug-likeness (QED) is 0.669. The van der Waals surface area contributed by atoms with Crippen molar-refractivity contribution in [2.45, 2.75) is 26.3 Å². The molecule has 0 fully saturated rings. The smallest absolute Gasteiger partial charge is 0.337 e. The largest absolute Gasteiger partial charge is 0.465 e. The molecule has 0 spiro atoms. The van der Waals surface area contributed by atoms with Crippen LogP contribution < -0.4 is 5.32 Å². The maximum absolute atomic E-state index is 11.6. The first-order chi connectivity index (χ1) is 12.6. The maximum atomic E-state index is 11.6. The number of rotatable bonds is 6. The molecule has 0 aliphatic carbocycles. The molecule has 134 valence electrons. The Bertz CT molecular complexity index is 885. The lowest BCUT2D eigenvalue weighted by Gasteiger charge is -2.05. The van der Waals surface area contributed by atoms with Crippen molar-refractivity contribution in [3.8, 4) is 11.4 Å². The Hall–Kier alpha value is -3.15. The van der Waals surface area contributed by atoms with E-state index in [2.05, 4.69) is 41.4 Å². The Balaban J connectivity index is 1.66. The average Bonchev–Trinajstić information content (AvgIpc) is 3.15. The minimum absolute atomic E-state index is 0.363. The van der Waals surface area contributed by atoms with Gasteiger partial charge in [0.1, 0.15) is 0 Å². The van der Waals surface area contributed by atoms with E-state index in [1.165, 1.54) is 12.7 Å². The van der Waals surface area contributed by atoms with E-state index in [0.29, 0.717) is 29.7 Å². The summed E-state index contributed by atoms with van der Waals surface area (Å²) in [6.07, 6.45) is 0.